The van der Waals surface area contributed by atoms with E-state index in [0.29, 0.717) is 18.4 Å². The predicted octanol–water partition coefficient (Wildman–Crippen LogP) is 3.65. The van der Waals surface area contributed by atoms with Gasteiger partial charge in [-0.25, -0.2) is 9.97 Å². The van der Waals surface area contributed by atoms with E-state index in [1.807, 2.05) is 37.3 Å². The molecule has 24 heavy (non-hydrogen) atoms. The summed E-state index contributed by atoms with van der Waals surface area (Å²) in [6, 6.07) is 9.98. The maximum atomic E-state index is 5.27. The van der Waals surface area contributed by atoms with Gasteiger partial charge in [0.1, 0.15) is 5.82 Å². The molecule has 0 aliphatic carbocycles. The highest BCUT2D eigenvalue weighted by molar-refractivity contribution is 5.64. The quantitative estimate of drug-likeness (QED) is 0.746. The van der Waals surface area contributed by atoms with E-state index in [9.17, 15) is 0 Å². The summed E-state index contributed by atoms with van der Waals surface area (Å²) in [5.74, 6) is 2.62. The Kier molecular flexibility index (Phi) is 4.84. The average Bonchev–Trinajstić information content (AvgIpc) is 3.00. The molecular weight excluding hydrogens is 302 g/mol. The van der Waals surface area contributed by atoms with Crippen LogP contribution in [-0.2, 0) is 13.0 Å². The Morgan fingerprint density at radius 1 is 1.17 bits per heavy atom. The third-order valence-electron chi connectivity index (χ3n) is 3.48. The first kappa shape index (κ1) is 16.1. The summed E-state index contributed by atoms with van der Waals surface area (Å²) in [4.78, 5) is 13.0. The number of nitrogens with zero attached hydrogens (tertiary/aromatic N) is 4. The molecule has 0 fully saturated rings. The van der Waals surface area contributed by atoms with E-state index in [1.165, 1.54) is 0 Å². The topological polar surface area (TPSA) is 76.7 Å². The number of nitrogens with one attached hydrogen (secondary N) is 1. The molecule has 6 nitrogen and oxygen atoms in total. The van der Waals surface area contributed by atoms with Crippen LogP contribution in [0.5, 0.6) is 0 Å². The predicted molar refractivity (Wildman–Crippen MR) is 92.4 cm³/mol. The molecule has 0 amide bonds. The van der Waals surface area contributed by atoms with E-state index < -0.39 is 0 Å². The van der Waals surface area contributed by atoms with Crippen molar-refractivity contribution in [1.82, 2.24) is 20.1 Å². The van der Waals surface area contributed by atoms with Gasteiger partial charge in [0.15, 0.2) is 5.82 Å². The molecule has 3 rings (SSSR count). The van der Waals surface area contributed by atoms with E-state index >= 15 is 0 Å². The lowest BCUT2D eigenvalue weighted by molar-refractivity contribution is 0.375. The van der Waals surface area contributed by atoms with Crippen molar-refractivity contribution in [3.63, 3.8) is 0 Å². The standard InChI is InChI=1S/C18H21N5O/c1-12(2)9-17-22-18(24-23-17)11-20-15-6-4-5-14(10-15)16-7-8-19-13(3)21-16/h4-8,10,12,20H,9,11H2,1-3H3. The minimum atomic E-state index is 0.497. The molecule has 0 atom stereocenters. The van der Waals surface area contributed by atoms with E-state index in [1.54, 1.807) is 6.20 Å². The molecule has 0 aliphatic rings. The number of hydrogen-bond acceptors (Lipinski definition) is 6. The van der Waals surface area contributed by atoms with Gasteiger partial charge >= 0.3 is 0 Å². The second-order valence-electron chi connectivity index (χ2n) is 6.13. The van der Waals surface area contributed by atoms with E-state index in [2.05, 4.69) is 39.3 Å². The molecule has 0 aliphatic heterocycles. The van der Waals surface area contributed by atoms with E-state index in [4.69, 9.17) is 4.52 Å². The fourth-order valence-corrected chi connectivity index (χ4v) is 2.39. The van der Waals surface area contributed by atoms with Crippen molar-refractivity contribution in [3.8, 4) is 11.3 Å². The van der Waals surface area contributed by atoms with Gasteiger partial charge in [-0.15, -0.1) is 0 Å². The minimum Gasteiger partial charge on any atom is -0.376 e. The van der Waals surface area contributed by atoms with Crippen LogP contribution in [0.25, 0.3) is 11.3 Å². The molecule has 0 unspecified atom stereocenters. The van der Waals surface area contributed by atoms with Crippen LogP contribution in [0.15, 0.2) is 41.1 Å². The second-order valence-corrected chi connectivity index (χ2v) is 6.13. The van der Waals surface area contributed by atoms with Crippen LogP contribution in [0.3, 0.4) is 0 Å². The molecule has 1 aromatic carbocycles. The van der Waals surface area contributed by atoms with Crippen LogP contribution in [0.2, 0.25) is 0 Å². The molecule has 124 valence electrons. The van der Waals surface area contributed by atoms with Crippen molar-refractivity contribution >= 4 is 5.69 Å². The van der Waals surface area contributed by atoms with Gasteiger partial charge in [-0.1, -0.05) is 31.1 Å². The normalized spacial score (nSPS) is 11.0. The zero-order valence-corrected chi connectivity index (χ0v) is 14.2. The van der Waals surface area contributed by atoms with Crippen molar-refractivity contribution in [1.29, 1.82) is 0 Å². The largest absolute Gasteiger partial charge is 0.376 e. The zero-order valence-electron chi connectivity index (χ0n) is 14.2. The molecule has 3 aromatic rings. The molecule has 0 saturated carbocycles. The van der Waals surface area contributed by atoms with Crippen molar-refractivity contribution < 1.29 is 4.52 Å². The van der Waals surface area contributed by atoms with Gasteiger partial charge < -0.3 is 9.84 Å². The highest BCUT2D eigenvalue weighted by Crippen LogP contribution is 2.21. The van der Waals surface area contributed by atoms with Gasteiger partial charge in [0, 0.05) is 23.9 Å². The van der Waals surface area contributed by atoms with Crippen molar-refractivity contribution in [2.75, 3.05) is 5.32 Å². The second kappa shape index (κ2) is 7.21. The smallest absolute Gasteiger partial charge is 0.245 e. The van der Waals surface area contributed by atoms with Crippen molar-refractivity contribution in [2.45, 2.75) is 33.7 Å². The Morgan fingerprint density at radius 2 is 2.04 bits per heavy atom. The molecule has 2 aromatic heterocycles. The SMILES string of the molecule is Cc1nccc(-c2cccc(NCc3nc(CC(C)C)no3)c2)n1. The first-order valence-electron chi connectivity index (χ1n) is 8.05. The molecule has 0 saturated heterocycles. The summed E-state index contributed by atoms with van der Waals surface area (Å²) in [6.07, 6.45) is 2.60. The van der Waals surface area contributed by atoms with Crippen molar-refractivity contribution in [2.24, 2.45) is 5.92 Å². The number of hydrogen-bond donors (Lipinski definition) is 1. The van der Waals surface area contributed by atoms with Gasteiger partial charge in [-0.3, -0.25) is 0 Å². The zero-order chi connectivity index (χ0) is 16.9. The lowest BCUT2D eigenvalue weighted by Crippen LogP contribution is -2.01. The van der Waals surface area contributed by atoms with Crippen LogP contribution in [-0.4, -0.2) is 20.1 Å². The van der Waals surface area contributed by atoms with E-state index in [0.717, 1.165) is 35.0 Å². The molecule has 0 bridgehead atoms. The van der Waals surface area contributed by atoms with Gasteiger partial charge in [0.25, 0.3) is 0 Å². The lowest BCUT2D eigenvalue weighted by atomic mass is 10.1. The number of aryl methyl sites for hydroxylation is 1. The Bertz CT molecular complexity index is 812. The van der Waals surface area contributed by atoms with Crippen LogP contribution < -0.4 is 5.32 Å². The van der Waals surface area contributed by atoms with Crippen molar-refractivity contribution in [3.05, 3.63) is 54.1 Å². The number of benzene rings is 1. The fraction of sp³-hybridized carbons (Fsp3) is 0.333. The maximum Gasteiger partial charge on any atom is 0.245 e. The lowest BCUT2D eigenvalue weighted by Gasteiger charge is -2.06. The van der Waals surface area contributed by atoms with Crippen LogP contribution in [0.1, 0.15) is 31.4 Å². The number of anilines is 1. The van der Waals surface area contributed by atoms with Gasteiger partial charge in [-0.05, 0) is 31.0 Å². The monoisotopic (exact) mass is 323 g/mol. The Morgan fingerprint density at radius 3 is 2.83 bits per heavy atom. The highest BCUT2D eigenvalue weighted by atomic mass is 16.5. The molecule has 0 spiro atoms. The third-order valence-corrected chi connectivity index (χ3v) is 3.48. The minimum absolute atomic E-state index is 0.497. The first-order valence-corrected chi connectivity index (χ1v) is 8.05. The summed E-state index contributed by atoms with van der Waals surface area (Å²) in [7, 11) is 0. The Labute approximate surface area is 141 Å². The summed E-state index contributed by atoms with van der Waals surface area (Å²) >= 11 is 0. The van der Waals surface area contributed by atoms with Crippen LogP contribution in [0.4, 0.5) is 5.69 Å². The first-order chi connectivity index (χ1) is 11.6. The molecular formula is C18H21N5O. The number of rotatable bonds is 6. The highest BCUT2D eigenvalue weighted by Gasteiger charge is 2.08. The van der Waals surface area contributed by atoms with Crippen LogP contribution in [0, 0.1) is 12.8 Å². The summed E-state index contributed by atoms with van der Waals surface area (Å²) < 4.78 is 5.27. The summed E-state index contributed by atoms with van der Waals surface area (Å²) in [5, 5.41) is 7.31. The summed E-state index contributed by atoms with van der Waals surface area (Å²) in [5.41, 5.74) is 2.92. The number of aromatic nitrogens is 4. The Hall–Kier alpha value is -2.76. The van der Waals surface area contributed by atoms with Gasteiger partial charge in [0.2, 0.25) is 5.89 Å². The molecule has 2 heterocycles. The average molecular weight is 323 g/mol. The summed E-state index contributed by atoms with van der Waals surface area (Å²) in [6.45, 7) is 6.65. The van der Waals surface area contributed by atoms with Gasteiger partial charge in [0.05, 0.1) is 12.2 Å². The Balaban J connectivity index is 1.68. The molecule has 1 N–H and O–H groups in total. The third kappa shape index (κ3) is 4.16. The molecule has 0 radical (unpaired) electrons. The van der Waals surface area contributed by atoms with E-state index in [-0.39, 0.29) is 0 Å². The van der Waals surface area contributed by atoms with Gasteiger partial charge in [-0.2, -0.15) is 4.98 Å². The molecule has 6 heteroatoms. The fourth-order valence-electron chi connectivity index (χ4n) is 2.39. The maximum absolute atomic E-state index is 5.27. The van der Waals surface area contributed by atoms with Crippen LogP contribution >= 0.6 is 0 Å².